The summed E-state index contributed by atoms with van der Waals surface area (Å²) in [5.74, 6) is 0. The van der Waals surface area contributed by atoms with Gasteiger partial charge in [0, 0.05) is 0 Å². The first-order valence-corrected chi connectivity index (χ1v) is 18.5. The Morgan fingerprint density at radius 1 is 0.923 bits per heavy atom. The van der Waals surface area contributed by atoms with Gasteiger partial charge < -0.3 is 15.3 Å². The molecule has 13 heavy (non-hydrogen) atoms. The van der Waals surface area contributed by atoms with E-state index in [-0.39, 0.29) is 30.6 Å². The molecule has 0 amide bonds. The van der Waals surface area contributed by atoms with Crippen molar-refractivity contribution in [2.45, 2.75) is 6.10 Å². The van der Waals surface area contributed by atoms with Gasteiger partial charge in [0.1, 0.15) is 6.10 Å². The first kappa shape index (κ1) is 21.1. The van der Waals surface area contributed by atoms with Crippen LogP contribution in [0, 0.1) is 0 Å². The maximum absolute atomic E-state index is 8.17. The summed E-state index contributed by atoms with van der Waals surface area (Å²) in [4.78, 5) is 0. The zero-order chi connectivity index (χ0) is 10.4. The Kier molecular flexibility index (Phi) is 14.3. The molecule has 0 saturated heterocycles. The SMILES string of the molecule is OCC(O)CO.[AlH3].[Cl][Zr]([Cl])([Cl])([Cl])[Cl]. The van der Waals surface area contributed by atoms with Gasteiger partial charge in [-0.3, -0.25) is 0 Å². The van der Waals surface area contributed by atoms with E-state index in [2.05, 4.69) is 0 Å². The third-order valence-corrected chi connectivity index (χ3v) is 0.421. The Bertz CT molecular complexity index is 107. The minimum atomic E-state index is -4.40. The van der Waals surface area contributed by atoms with Crippen molar-refractivity contribution in [3.8, 4) is 0 Å². The average Bonchev–Trinajstić information content (AvgIpc) is 1.81. The fourth-order valence-electron chi connectivity index (χ4n) is 0.0577. The van der Waals surface area contributed by atoms with Gasteiger partial charge in [0.05, 0.1) is 13.2 Å². The maximum atomic E-state index is 8.17. The second-order valence-electron chi connectivity index (χ2n) is 1.73. The van der Waals surface area contributed by atoms with Crippen LogP contribution in [0.25, 0.3) is 0 Å². The van der Waals surface area contributed by atoms with Gasteiger partial charge >= 0.3 is 55.4 Å². The molecule has 0 aromatic carbocycles. The van der Waals surface area contributed by atoms with Crippen molar-refractivity contribution in [3.63, 3.8) is 0 Å². The molecule has 0 atom stereocenters. The third kappa shape index (κ3) is 52.6. The van der Waals surface area contributed by atoms with E-state index >= 15 is 0 Å². The number of rotatable bonds is 2. The van der Waals surface area contributed by atoms with E-state index in [1.165, 1.54) is 0 Å². The molecule has 83 valence electrons. The second-order valence-corrected chi connectivity index (χ2v) is 39.1. The zero-order valence-corrected chi connectivity index (χ0v) is 12.0. The summed E-state index contributed by atoms with van der Waals surface area (Å²) in [6.45, 7) is -0.729. The first-order valence-electron chi connectivity index (χ1n) is 2.65. The predicted octanol–water partition coefficient (Wildman–Crippen LogP) is 0.593. The Morgan fingerprint density at radius 3 is 1.08 bits per heavy atom. The van der Waals surface area contributed by atoms with Gasteiger partial charge in [0.15, 0.2) is 17.4 Å². The van der Waals surface area contributed by atoms with Crippen molar-refractivity contribution in [1.82, 2.24) is 0 Å². The van der Waals surface area contributed by atoms with E-state index in [9.17, 15) is 0 Å². The molecule has 10 heteroatoms. The van der Waals surface area contributed by atoms with E-state index in [0.29, 0.717) is 0 Å². The summed E-state index contributed by atoms with van der Waals surface area (Å²) in [6.07, 6.45) is -0.954. The van der Waals surface area contributed by atoms with Crippen LogP contribution in [0.4, 0.5) is 0 Å². The van der Waals surface area contributed by atoms with Crippen LogP contribution in [-0.4, -0.2) is 52.0 Å². The number of hydrogen-bond acceptors (Lipinski definition) is 3. The molecule has 0 rings (SSSR count). The van der Waals surface area contributed by atoms with Crippen LogP contribution < -0.4 is 0 Å². The van der Waals surface area contributed by atoms with Gasteiger partial charge in [-0.05, 0) is 0 Å². The molecule has 0 aromatic rings. The van der Waals surface area contributed by atoms with Gasteiger partial charge in [-0.2, -0.15) is 0 Å². The topological polar surface area (TPSA) is 60.7 Å². The van der Waals surface area contributed by atoms with Crippen LogP contribution in [0.2, 0.25) is 0 Å². The van der Waals surface area contributed by atoms with Crippen molar-refractivity contribution in [3.05, 3.63) is 0 Å². The molecule has 0 spiro atoms. The first-order chi connectivity index (χ1) is 5.04. The Balaban J connectivity index is -0.000000143. The van der Waals surface area contributed by atoms with E-state index in [0.717, 1.165) is 0 Å². The molecule has 0 fully saturated rings. The zero-order valence-electron chi connectivity index (χ0n) is 5.72. The summed E-state index contributed by atoms with van der Waals surface area (Å²) in [5, 5.41) is 24.0. The van der Waals surface area contributed by atoms with Gasteiger partial charge in [-0.15, -0.1) is 0 Å². The standard InChI is InChI=1S/C3H8O3.Al.5ClH.Zr.3H/c4-1-3(6)2-5;;;;;;;;;;/h3-6H,1-2H2;;5*1H;;;;/q;;;;;;;+5;;;/p-5. The van der Waals surface area contributed by atoms with E-state index in [1.807, 2.05) is 0 Å². The Morgan fingerprint density at radius 2 is 1.08 bits per heavy atom. The second kappa shape index (κ2) is 8.85. The van der Waals surface area contributed by atoms with Crippen LogP contribution in [0.5, 0.6) is 0 Å². The monoisotopic (exact) mass is 387 g/mol. The summed E-state index contributed by atoms with van der Waals surface area (Å²) in [5.41, 5.74) is 0. The van der Waals surface area contributed by atoms with Crippen molar-refractivity contribution in [2.75, 3.05) is 13.2 Å². The summed E-state index contributed by atoms with van der Waals surface area (Å²) in [7, 11) is 25.3. The Hall–Kier alpha value is 2.75. The van der Waals surface area contributed by atoms with Crippen LogP contribution in [0.15, 0.2) is 0 Å². The van der Waals surface area contributed by atoms with E-state index < -0.39 is 18.9 Å². The molecule has 0 unspecified atom stereocenters. The summed E-state index contributed by atoms with van der Waals surface area (Å²) >= 11 is -4.40. The molecule has 0 aromatic heterocycles. The minimum absolute atomic E-state index is 0. The number of aliphatic hydroxyl groups excluding tert-OH is 3. The summed E-state index contributed by atoms with van der Waals surface area (Å²) in [6, 6.07) is 0. The van der Waals surface area contributed by atoms with Gasteiger partial charge in [-0.1, -0.05) is 0 Å². The van der Waals surface area contributed by atoms with Crippen molar-refractivity contribution >= 4 is 59.9 Å². The van der Waals surface area contributed by atoms with Crippen LogP contribution in [-0.2, 0) is 12.8 Å². The van der Waals surface area contributed by atoms with Gasteiger partial charge in [-0.25, -0.2) is 0 Å². The van der Waals surface area contributed by atoms with Crippen LogP contribution in [0.1, 0.15) is 0 Å². The molecular formula is C3H11AlCl5O3Zr. The Labute approximate surface area is 106 Å². The molecule has 3 N–H and O–H groups in total. The molecule has 0 radical (unpaired) electrons. The number of aliphatic hydroxyl groups is 3. The molecule has 0 heterocycles. The third-order valence-electron chi connectivity index (χ3n) is 0.421. The molecule has 3 nitrogen and oxygen atoms in total. The van der Waals surface area contributed by atoms with Crippen molar-refractivity contribution < 1.29 is 28.1 Å². The molecule has 0 bridgehead atoms. The van der Waals surface area contributed by atoms with Crippen molar-refractivity contribution in [2.24, 2.45) is 0 Å². The van der Waals surface area contributed by atoms with Crippen LogP contribution >= 0.6 is 42.6 Å². The van der Waals surface area contributed by atoms with Crippen LogP contribution in [0.3, 0.4) is 0 Å². The molecule has 0 aliphatic rings. The van der Waals surface area contributed by atoms with E-state index in [4.69, 9.17) is 57.9 Å². The quantitative estimate of drug-likeness (QED) is 0.605. The average molecular weight is 391 g/mol. The fourth-order valence-corrected chi connectivity index (χ4v) is 0.0577. The number of hydrogen-bond donors (Lipinski definition) is 3. The van der Waals surface area contributed by atoms with Gasteiger partial charge in [0.2, 0.25) is 0 Å². The molecule has 0 saturated carbocycles. The van der Waals surface area contributed by atoms with Gasteiger partial charge in [0.25, 0.3) is 0 Å². The predicted molar refractivity (Wildman–Crippen MR) is 59.4 cm³/mol. The van der Waals surface area contributed by atoms with Crippen molar-refractivity contribution in [1.29, 1.82) is 0 Å². The van der Waals surface area contributed by atoms with E-state index in [1.54, 1.807) is 0 Å². The number of halogens is 5. The molecule has 0 aliphatic carbocycles. The molecule has 0 aliphatic heterocycles. The molecular weight excluding hydrogens is 380 g/mol. The normalized spacial score (nSPS) is 13.5. The fraction of sp³-hybridized carbons (Fsp3) is 1.00. The summed E-state index contributed by atoms with van der Waals surface area (Å²) < 4.78 is 0.